The van der Waals surface area contributed by atoms with Gasteiger partial charge >= 0.3 is 0 Å². The first-order valence-electron chi connectivity index (χ1n) is 12.2. The van der Waals surface area contributed by atoms with Crippen LogP contribution < -0.4 is 15.4 Å². The molecular formula is C31H30N2O2. The number of nitrogens with one attached hydrogen (secondary N) is 2. The second kappa shape index (κ2) is 11.0. The van der Waals surface area contributed by atoms with Gasteiger partial charge in [-0.1, -0.05) is 84.9 Å². The molecule has 0 saturated carbocycles. The molecule has 2 N–H and O–H groups in total. The van der Waals surface area contributed by atoms with Crippen LogP contribution >= 0.6 is 0 Å². The van der Waals surface area contributed by atoms with Crippen molar-refractivity contribution in [2.45, 2.75) is 25.4 Å². The van der Waals surface area contributed by atoms with E-state index in [0.29, 0.717) is 23.8 Å². The summed E-state index contributed by atoms with van der Waals surface area (Å²) in [6, 6.07) is 34.1. The van der Waals surface area contributed by atoms with Gasteiger partial charge in [0.05, 0.1) is 5.56 Å². The molecule has 176 valence electrons. The minimum Gasteiger partial charge on any atom is -0.488 e. The number of hydrogen-bond donors (Lipinski definition) is 2. The third kappa shape index (κ3) is 5.61. The highest BCUT2D eigenvalue weighted by Gasteiger charge is 2.20. The van der Waals surface area contributed by atoms with Gasteiger partial charge in [-0.05, 0) is 66.7 Å². The highest BCUT2D eigenvalue weighted by molar-refractivity contribution is 6.08. The van der Waals surface area contributed by atoms with Gasteiger partial charge in [-0.15, -0.1) is 0 Å². The van der Waals surface area contributed by atoms with Gasteiger partial charge in [0.25, 0.3) is 5.91 Å². The number of carbonyl (C=O) groups is 1. The first-order chi connectivity index (χ1) is 17.3. The Labute approximate surface area is 207 Å². The maximum Gasteiger partial charge on any atom is 0.259 e. The molecule has 0 aromatic heterocycles. The van der Waals surface area contributed by atoms with E-state index in [-0.39, 0.29) is 5.91 Å². The monoisotopic (exact) mass is 462 g/mol. The van der Waals surface area contributed by atoms with Crippen molar-refractivity contribution in [3.8, 4) is 16.9 Å². The van der Waals surface area contributed by atoms with Crippen molar-refractivity contribution in [3.05, 3.63) is 120 Å². The van der Waals surface area contributed by atoms with Crippen molar-refractivity contribution in [1.82, 2.24) is 5.32 Å². The minimum atomic E-state index is -0.160. The molecule has 4 aromatic rings. The van der Waals surface area contributed by atoms with Crippen molar-refractivity contribution < 1.29 is 9.53 Å². The van der Waals surface area contributed by atoms with Crippen LogP contribution in [0.5, 0.6) is 5.75 Å². The number of para-hydroxylation sites is 1. The molecule has 1 heterocycles. The lowest BCUT2D eigenvalue weighted by Gasteiger charge is -2.24. The summed E-state index contributed by atoms with van der Waals surface area (Å²) in [6.45, 7) is 2.42. The van der Waals surface area contributed by atoms with Crippen LogP contribution in [0.3, 0.4) is 0 Å². The van der Waals surface area contributed by atoms with Crippen molar-refractivity contribution in [1.29, 1.82) is 0 Å². The maximum atomic E-state index is 13.7. The molecule has 1 fully saturated rings. The van der Waals surface area contributed by atoms with Gasteiger partial charge < -0.3 is 15.4 Å². The molecule has 4 aromatic carbocycles. The second-order valence-electron chi connectivity index (χ2n) is 8.92. The van der Waals surface area contributed by atoms with Gasteiger partial charge in [-0.2, -0.15) is 0 Å². The first-order valence-corrected chi connectivity index (χ1v) is 12.2. The maximum absolute atomic E-state index is 13.7. The summed E-state index contributed by atoms with van der Waals surface area (Å²) in [5.74, 6) is 0.885. The van der Waals surface area contributed by atoms with Gasteiger partial charge in [0.1, 0.15) is 12.4 Å². The van der Waals surface area contributed by atoms with E-state index in [9.17, 15) is 4.79 Å². The van der Waals surface area contributed by atoms with Crippen molar-refractivity contribution >= 4 is 11.6 Å². The van der Waals surface area contributed by atoms with Crippen LogP contribution in [-0.4, -0.2) is 19.0 Å². The van der Waals surface area contributed by atoms with E-state index in [1.54, 1.807) is 0 Å². The fourth-order valence-corrected chi connectivity index (χ4v) is 4.65. The van der Waals surface area contributed by atoms with Crippen LogP contribution in [0.15, 0.2) is 103 Å². The highest BCUT2D eigenvalue weighted by atomic mass is 16.5. The first kappa shape index (κ1) is 22.9. The second-order valence-corrected chi connectivity index (χ2v) is 8.92. The van der Waals surface area contributed by atoms with Crippen molar-refractivity contribution in [2.24, 2.45) is 0 Å². The third-order valence-electron chi connectivity index (χ3n) is 6.56. The zero-order valence-corrected chi connectivity index (χ0v) is 19.7. The number of carbonyl (C=O) groups excluding carboxylic acids is 1. The number of piperidine rings is 1. The summed E-state index contributed by atoms with van der Waals surface area (Å²) in [5.41, 5.74) is 5.66. The van der Waals surface area contributed by atoms with E-state index in [0.717, 1.165) is 48.3 Å². The quantitative estimate of drug-likeness (QED) is 0.323. The summed E-state index contributed by atoms with van der Waals surface area (Å²) in [4.78, 5) is 13.7. The molecule has 0 radical (unpaired) electrons. The Morgan fingerprint density at radius 1 is 0.829 bits per heavy atom. The lowest BCUT2D eigenvalue weighted by atomic mass is 9.89. The SMILES string of the molecule is O=C(Nc1ccccc1-c1ccccc1)c1cc(C2CCNCC2)ccc1OCc1ccccc1. The van der Waals surface area contributed by atoms with Gasteiger partial charge in [0, 0.05) is 11.3 Å². The average Bonchev–Trinajstić information content (AvgIpc) is 2.93. The Kier molecular flexibility index (Phi) is 7.21. The zero-order valence-electron chi connectivity index (χ0n) is 19.7. The predicted octanol–water partition coefficient (Wildman–Crippen LogP) is 6.65. The molecule has 4 heteroatoms. The van der Waals surface area contributed by atoms with Crippen LogP contribution in [0, 0.1) is 0 Å². The highest BCUT2D eigenvalue weighted by Crippen LogP contribution is 2.32. The van der Waals surface area contributed by atoms with Crippen LogP contribution in [0.4, 0.5) is 5.69 Å². The Bertz CT molecular complexity index is 1270. The molecule has 35 heavy (non-hydrogen) atoms. The fraction of sp³-hybridized carbons (Fsp3) is 0.194. The number of ether oxygens (including phenoxy) is 1. The van der Waals surface area contributed by atoms with Crippen LogP contribution in [-0.2, 0) is 6.61 Å². The van der Waals surface area contributed by atoms with E-state index in [2.05, 4.69) is 28.8 Å². The van der Waals surface area contributed by atoms with E-state index in [1.807, 2.05) is 84.9 Å². The van der Waals surface area contributed by atoms with Gasteiger partial charge in [-0.25, -0.2) is 0 Å². The molecule has 1 aliphatic rings. The molecule has 1 amide bonds. The number of amides is 1. The normalized spacial score (nSPS) is 13.8. The lowest BCUT2D eigenvalue weighted by Crippen LogP contribution is -2.26. The third-order valence-corrected chi connectivity index (χ3v) is 6.56. The van der Waals surface area contributed by atoms with E-state index in [4.69, 9.17) is 4.74 Å². The minimum absolute atomic E-state index is 0.160. The van der Waals surface area contributed by atoms with Crippen molar-refractivity contribution in [2.75, 3.05) is 18.4 Å². The Hall–Kier alpha value is -3.89. The van der Waals surface area contributed by atoms with Crippen LogP contribution in [0.2, 0.25) is 0 Å². The van der Waals surface area contributed by atoms with E-state index in [1.165, 1.54) is 5.56 Å². The van der Waals surface area contributed by atoms with E-state index < -0.39 is 0 Å². The number of hydrogen-bond acceptors (Lipinski definition) is 3. The molecular weight excluding hydrogens is 432 g/mol. The summed E-state index contributed by atoms with van der Waals surface area (Å²) in [6.07, 6.45) is 2.14. The summed E-state index contributed by atoms with van der Waals surface area (Å²) in [5, 5.41) is 6.58. The molecule has 0 bridgehead atoms. The largest absolute Gasteiger partial charge is 0.488 e. The summed E-state index contributed by atoms with van der Waals surface area (Å²) >= 11 is 0. The smallest absolute Gasteiger partial charge is 0.259 e. The molecule has 4 nitrogen and oxygen atoms in total. The number of benzene rings is 4. The molecule has 0 spiro atoms. The molecule has 0 aliphatic carbocycles. The Morgan fingerprint density at radius 2 is 1.51 bits per heavy atom. The Morgan fingerprint density at radius 3 is 2.29 bits per heavy atom. The molecule has 0 unspecified atom stereocenters. The number of anilines is 1. The average molecular weight is 463 g/mol. The molecule has 1 saturated heterocycles. The van der Waals surface area contributed by atoms with E-state index >= 15 is 0 Å². The Balaban J connectivity index is 1.45. The van der Waals surface area contributed by atoms with Gasteiger partial charge in [0.15, 0.2) is 0 Å². The van der Waals surface area contributed by atoms with Gasteiger partial charge in [0.2, 0.25) is 0 Å². The summed E-state index contributed by atoms with van der Waals surface area (Å²) < 4.78 is 6.17. The van der Waals surface area contributed by atoms with Crippen LogP contribution in [0.25, 0.3) is 11.1 Å². The number of rotatable bonds is 7. The van der Waals surface area contributed by atoms with Crippen molar-refractivity contribution in [3.63, 3.8) is 0 Å². The zero-order chi connectivity index (χ0) is 23.9. The standard InChI is InChI=1S/C31H30N2O2/c34-31(33-29-14-8-7-13-27(29)25-11-5-2-6-12-25)28-21-26(24-17-19-32-20-18-24)15-16-30(28)35-22-23-9-3-1-4-10-23/h1-16,21,24,32H,17-20,22H2,(H,33,34). The van der Waals surface area contributed by atoms with Crippen LogP contribution in [0.1, 0.15) is 40.2 Å². The lowest BCUT2D eigenvalue weighted by molar-refractivity contribution is 0.102. The topological polar surface area (TPSA) is 50.4 Å². The molecule has 1 aliphatic heterocycles. The molecule has 0 atom stereocenters. The molecule has 5 rings (SSSR count). The predicted molar refractivity (Wildman–Crippen MR) is 142 cm³/mol. The van der Waals surface area contributed by atoms with Gasteiger partial charge in [-0.3, -0.25) is 4.79 Å². The fourth-order valence-electron chi connectivity index (χ4n) is 4.65. The summed E-state index contributed by atoms with van der Waals surface area (Å²) in [7, 11) is 0.